The normalized spacial score (nSPS) is 10.5. The second kappa shape index (κ2) is 4.85. The largest absolute Gasteiger partial charge is 0.275 e. The number of hydrogen-bond donors (Lipinski definition) is 0. The Morgan fingerprint density at radius 1 is 1.31 bits per heavy atom. The Morgan fingerprint density at radius 3 is 2.38 bits per heavy atom. The summed E-state index contributed by atoms with van der Waals surface area (Å²) in [6, 6.07) is 4.21. The number of pyridine rings is 1. The fourth-order valence-electron chi connectivity index (χ4n) is 1.19. The molecule has 0 aliphatic heterocycles. The van der Waals surface area contributed by atoms with Crippen molar-refractivity contribution in [2.75, 3.05) is 7.11 Å². The van der Waals surface area contributed by atoms with Crippen LogP contribution in [0, 0.1) is 5.92 Å². The summed E-state index contributed by atoms with van der Waals surface area (Å²) in [5.74, 6) is 0.773. The highest BCUT2D eigenvalue weighted by molar-refractivity contribution is 5.07. The van der Waals surface area contributed by atoms with E-state index < -0.39 is 0 Å². The van der Waals surface area contributed by atoms with Crippen molar-refractivity contribution in [3.05, 3.63) is 30.1 Å². The van der Waals surface area contributed by atoms with Crippen LogP contribution >= 0.6 is 0 Å². The Bertz CT molecular complexity index is 241. The number of aryl methyl sites for hydroxylation is 1. The minimum atomic E-state index is 0.773. The highest BCUT2D eigenvalue weighted by Crippen LogP contribution is 2.06. The minimum absolute atomic E-state index is 0.773. The Kier molecular flexibility index (Phi) is 3.74. The lowest BCUT2D eigenvalue weighted by Crippen LogP contribution is -2.39. The smallest absolute Gasteiger partial charge is 0.222 e. The molecular formula is C11H18NO+. The highest BCUT2D eigenvalue weighted by Gasteiger charge is 2.00. The predicted molar refractivity (Wildman–Crippen MR) is 52.3 cm³/mol. The van der Waals surface area contributed by atoms with Crippen molar-refractivity contribution in [2.45, 2.75) is 26.7 Å². The molecule has 0 atom stereocenters. The molecule has 0 unspecified atom stereocenters. The van der Waals surface area contributed by atoms with E-state index in [0.717, 1.165) is 12.3 Å². The van der Waals surface area contributed by atoms with E-state index in [1.54, 1.807) is 11.8 Å². The highest BCUT2D eigenvalue weighted by atomic mass is 16.6. The van der Waals surface area contributed by atoms with Crippen LogP contribution < -0.4 is 9.57 Å². The van der Waals surface area contributed by atoms with Crippen LogP contribution in [-0.4, -0.2) is 7.11 Å². The molecule has 1 heterocycles. The van der Waals surface area contributed by atoms with Gasteiger partial charge in [0.2, 0.25) is 12.4 Å². The standard InChI is InChI=1S/C11H18NO/c1-10(2)4-5-11-6-8-12(13-3)9-7-11/h6-10H,4-5H2,1-3H3/q+1. The lowest BCUT2D eigenvalue weighted by Gasteiger charge is -2.02. The van der Waals surface area contributed by atoms with Crippen LogP contribution in [0.5, 0.6) is 0 Å². The number of rotatable bonds is 4. The molecule has 2 nitrogen and oxygen atoms in total. The van der Waals surface area contributed by atoms with Gasteiger partial charge in [-0.1, -0.05) is 13.8 Å². The first-order valence-electron chi connectivity index (χ1n) is 4.77. The molecule has 0 fully saturated rings. The lowest BCUT2D eigenvalue weighted by molar-refractivity contribution is -0.885. The van der Waals surface area contributed by atoms with Crippen LogP contribution in [0.4, 0.5) is 0 Å². The average molecular weight is 180 g/mol. The molecule has 0 radical (unpaired) electrons. The van der Waals surface area contributed by atoms with Gasteiger partial charge in [0, 0.05) is 16.9 Å². The van der Waals surface area contributed by atoms with Gasteiger partial charge in [0.25, 0.3) is 0 Å². The van der Waals surface area contributed by atoms with Gasteiger partial charge in [0.15, 0.2) is 0 Å². The van der Waals surface area contributed by atoms with Gasteiger partial charge >= 0.3 is 0 Å². The van der Waals surface area contributed by atoms with E-state index in [1.807, 2.05) is 12.4 Å². The van der Waals surface area contributed by atoms with Gasteiger partial charge < -0.3 is 0 Å². The zero-order valence-corrected chi connectivity index (χ0v) is 8.66. The molecule has 0 spiro atoms. The summed E-state index contributed by atoms with van der Waals surface area (Å²) in [6.45, 7) is 4.50. The van der Waals surface area contributed by atoms with Gasteiger partial charge in [-0.15, -0.1) is 0 Å². The molecule has 72 valence electrons. The molecule has 0 saturated heterocycles. The SMILES string of the molecule is CO[n+]1ccc(CCC(C)C)cc1. The Morgan fingerprint density at radius 2 is 1.92 bits per heavy atom. The van der Waals surface area contributed by atoms with Crippen molar-refractivity contribution >= 4 is 0 Å². The van der Waals surface area contributed by atoms with E-state index in [0.29, 0.717) is 0 Å². The van der Waals surface area contributed by atoms with E-state index in [4.69, 9.17) is 4.84 Å². The lowest BCUT2D eigenvalue weighted by atomic mass is 10.0. The molecule has 0 aliphatic carbocycles. The number of nitrogens with zero attached hydrogens (tertiary/aromatic N) is 1. The van der Waals surface area contributed by atoms with Crippen LogP contribution in [-0.2, 0) is 6.42 Å². The summed E-state index contributed by atoms with van der Waals surface area (Å²) >= 11 is 0. The zero-order valence-electron chi connectivity index (χ0n) is 8.66. The van der Waals surface area contributed by atoms with E-state index in [9.17, 15) is 0 Å². The topological polar surface area (TPSA) is 13.1 Å². The quantitative estimate of drug-likeness (QED) is 0.642. The first-order valence-corrected chi connectivity index (χ1v) is 4.77. The molecule has 0 saturated carbocycles. The number of aromatic nitrogens is 1. The molecule has 1 aromatic rings. The van der Waals surface area contributed by atoms with Gasteiger partial charge in [-0.05, 0) is 24.3 Å². The van der Waals surface area contributed by atoms with Crippen molar-refractivity contribution in [2.24, 2.45) is 5.92 Å². The van der Waals surface area contributed by atoms with Crippen LogP contribution in [0.25, 0.3) is 0 Å². The molecule has 0 bridgehead atoms. The number of hydrogen-bond acceptors (Lipinski definition) is 1. The summed E-state index contributed by atoms with van der Waals surface area (Å²) in [5, 5.41) is 0. The molecule has 13 heavy (non-hydrogen) atoms. The second-order valence-electron chi connectivity index (χ2n) is 3.68. The molecule has 0 amide bonds. The van der Waals surface area contributed by atoms with Gasteiger partial charge in [-0.3, -0.25) is 4.84 Å². The van der Waals surface area contributed by atoms with E-state index in [2.05, 4.69) is 26.0 Å². The van der Waals surface area contributed by atoms with Crippen LogP contribution in [0.3, 0.4) is 0 Å². The summed E-state index contributed by atoms with van der Waals surface area (Å²) in [5.41, 5.74) is 1.38. The van der Waals surface area contributed by atoms with E-state index in [-0.39, 0.29) is 0 Å². The molecule has 0 N–H and O–H groups in total. The fraction of sp³-hybridized carbons (Fsp3) is 0.545. The molecule has 1 rings (SSSR count). The maximum absolute atomic E-state index is 5.01. The third kappa shape index (κ3) is 3.45. The van der Waals surface area contributed by atoms with Crippen molar-refractivity contribution < 1.29 is 9.57 Å². The van der Waals surface area contributed by atoms with E-state index in [1.165, 1.54) is 12.0 Å². The van der Waals surface area contributed by atoms with Gasteiger partial charge in [0.05, 0.1) is 0 Å². The van der Waals surface area contributed by atoms with Crippen LogP contribution in [0.15, 0.2) is 24.5 Å². The van der Waals surface area contributed by atoms with Gasteiger partial charge in [-0.25, -0.2) is 0 Å². The van der Waals surface area contributed by atoms with Crippen LogP contribution in [0.2, 0.25) is 0 Å². The maximum Gasteiger partial charge on any atom is 0.222 e. The Balaban J connectivity index is 2.49. The van der Waals surface area contributed by atoms with Gasteiger partial charge in [0.1, 0.15) is 7.11 Å². The Hall–Kier alpha value is -1.05. The average Bonchev–Trinajstić information content (AvgIpc) is 2.15. The third-order valence-corrected chi connectivity index (χ3v) is 2.09. The fourth-order valence-corrected chi connectivity index (χ4v) is 1.19. The summed E-state index contributed by atoms with van der Waals surface area (Å²) in [6.07, 6.45) is 6.28. The molecule has 2 heteroatoms. The monoisotopic (exact) mass is 180 g/mol. The van der Waals surface area contributed by atoms with Crippen LogP contribution in [0.1, 0.15) is 25.8 Å². The molecule has 0 aliphatic rings. The minimum Gasteiger partial charge on any atom is -0.275 e. The van der Waals surface area contributed by atoms with Crippen molar-refractivity contribution in [3.8, 4) is 0 Å². The summed E-state index contributed by atoms with van der Waals surface area (Å²) < 4.78 is 1.69. The van der Waals surface area contributed by atoms with Crippen molar-refractivity contribution in [1.82, 2.24) is 0 Å². The second-order valence-corrected chi connectivity index (χ2v) is 3.68. The van der Waals surface area contributed by atoms with Crippen molar-refractivity contribution in [1.29, 1.82) is 0 Å². The zero-order chi connectivity index (χ0) is 9.68. The molecule has 1 aromatic heterocycles. The third-order valence-electron chi connectivity index (χ3n) is 2.09. The van der Waals surface area contributed by atoms with Gasteiger partial charge in [-0.2, -0.15) is 0 Å². The van der Waals surface area contributed by atoms with E-state index >= 15 is 0 Å². The maximum atomic E-state index is 5.01. The summed E-state index contributed by atoms with van der Waals surface area (Å²) in [4.78, 5) is 5.01. The first kappa shape index (κ1) is 10.0. The molecular weight excluding hydrogens is 162 g/mol. The Labute approximate surface area is 80.1 Å². The first-order chi connectivity index (χ1) is 6.22. The molecule has 0 aromatic carbocycles. The predicted octanol–water partition coefficient (Wildman–Crippen LogP) is 1.62. The summed E-state index contributed by atoms with van der Waals surface area (Å²) in [7, 11) is 1.66. The van der Waals surface area contributed by atoms with Crippen molar-refractivity contribution in [3.63, 3.8) is 0 Å².